The molecule has 2 aromatic carbocycles. The fourth-order valence-electron chi connectivity index (χ4n) is 3.91. The van der Waals surface area contributed by atoms with Gasteiger partial charge in [-0.05, 0) is 42.3 Å². The first-order valence-electron chi connectivity index (χ1n) is 11.5. The lowest BCUT2D eigenvalue weighted by Gasteiger charge is -2.15. The van der Waals surface area contributed by atoms with Crippen molar-refractivity contribution < 1.29 is 23.9 Å². The lowest BCUT2D eigenvalue weighted by Crippen LogP contribution is -2.30. The van der Waals surface area contributed by atoms with E-state index in [0.29, 0.717) is 22.6 Å². The first kappa shape index (κ1) is 24.4. The average molecular weight is 515 g/mol. The van der Waals surface area contributed by atoms with Gasteiger partial charge in [0, 0.05) is 19.5 Å². The molecular formula is C25H21N7O6. The standard InChI is InChI=1S/C25H21N7O6/c1-12(15-4-6-16(7-5-15)23(35)36)27-21(33)18-10-19(32-24(29-18)30-25(37)31-32)22(34)26-11-14-3-8-20-17(9-14)28-13(2)38-20/h3-10,12H,11H2,1-2H3,(H,26,34)(H,27,33)(H,31,37)(H,35,36)/t12-/m0/s1. The molecule has 0 aliphatic heterocycles. The number of H-pyrrole nitrogens is 1. The maximum atomic E-state index is 13.1. The number of nitrogens with one attached hydrogen (secondary N) is 3. The van der Waals surface area contributed by atoms with E-state index in [-0.39, 0.29) is 29.3 Å². The lowest BCUT2D eigenvalue weighted by atomic mass is 10.1. The molecule has 0 radical (unpaired) electrons. The van der Waals surface area contributed by atoms with Crippen molar-refractivity contribution in [2.24, 2.45) is 0 Å². The second-order valence-corrected chi connectivity index (χ2v) is 8.53. The van der Waals surface area contributed by atoms with Crippen LogP contribution in [0, 0.1) is 6.92 Å². The number of aromatic amines is 1. The number of nitrogens with zero attached hydrogens (tertiary/aromatic N) is 4. The van der Waals surface area contributed by atoms with Crippen LogP contribution >= 0.6 is 0 Å². The minimum absolute atomic E-state index is 0.0495. The zero-order valence-corrected chi connectivity index (χ0v) is 20.2. The molecule has 0 aliphatic carbocycles. The van der Waals surface area contributed by atoms with E-state index in [9.17, 15) is 19.2 Å². The summed E-state index contributed by atoms with van der Waals surface area (Å²) < 4.78 is 6.57. The van der Waals surface area contributed by atoms with E-state index >= 15 is 0 Å². The Morgan fingerprint density at radius 3 is 2.55 bits per heavy atom. The number of hydrogen-bond acceptors (Lipinski definition) is 8. The fraction of sp³-hybridized carbons (Fsp3) is 0.160. The Labute approximate surface area is 213 Å². The van der Waals surface area contributed by atoms with Gasteiger partial charge in [-0.1, -0.05) is 18.2 Å². The van der Waals surface area contributed by atoms with Gasteiger partial charge in [-0.2, -0.15) is 4.98 Å². The van der Waals surface area contributed by atoms with Crippen LogP contribution in [0.4, 0.5) is 0 Å². The van der Waals surface area contributed by atoms with E-state index in [1.807, 2.05) is 0 Å². The number of carbonyl (C=O) groups is 3. The first-order valence-corrected chi connectivity index (χ1v) is 11.5. The summed E-state index contributed by atoms with van der Waals surface area (Å²) in [6.07, 6.45) is 0. The second kappa shape index (κ2) is 9.61. The maximum absolute atomic E-state index is 13.1. The highest BCUT2D eigenvalue weighted by atomic mass is 16.4. The smallest absolute Gasteiger partial charge is 0.363 e. The number of carboxylic acids is 1. The molecule has 3 heterocycles. The van der Waals surface area contributed by atoms with E-state index in [0.717, 1.165) is 10.1 Å². The number of aromatic carboxylic acids is 1. The summed E-state index contributed by atoms with van der Waals surface area (Å²) in [5.41, 5.74) is 1.93. The van der Waals surface area contributed by atoms with Gasteiger partial charge in [0.15, 0.2) is 11.5 Å². The van der Waals surface area contributed by atoms with Crippen molar-refractivity contribution in [3.8, 4) is 0 Å². The van der Waals surface area contributed by atoms with Crippen molar-refractivity contribution >= 4 is 34.7 Å². The van der Waals surface area contributed by atoms with Gasteiger partial charge in [0.1, 0.15) is 16.9 Å². The summed E-state index contributed by atoms with van der Waals surface area (Å²) in [6, 6.07) is 12.1. The molecule has 5 rings (SSSR count). The average Bonchev–Trinajstić information content (AvgIpc) is 3.46. The lowest BCUT2D eigenvalue weighted by molar-refractivity contribution is 0.0696. The first-order chi connectivity index (χ1) is 18.2. The van der Waals surface area contributed by atoms with Crippen molar-refractivity contribution in [3.05, 3.63) is 93.0 Å². The number of aryl methyl sites for hydroxylation is 1. The molecule has 1 atom stereocenters. The Balaban J connectivity index is 1.36. The van der Waals surface area contributed by atoms with Crippen molar-refractivity contribution in [2.75, 3.05) is 0 Å². The van der Waals surface area contributed by atoms with Gasteiger partial charge < -0.3 is 20.2 Å². The van der Waals surface area contributed by atoms with E-state index in [1.165, 1.54) is 18.2 Å². The van der Waals surface area contributed by atoms with Crippen LogP contribution in [0.2, 0.25) is 0 Å². The molecule has 0 aliphatic rings. The van der Waals surface area contributed by atoms with Crippen LogP contribution < -0.4 is 16.3 Å². The van der Waals surface area contributed by atoms with Gasteiger partial charge in [0.25, 0.3) is 17.6 Å². The van der Waals surface area contributed by atoms with E-state index < -0.39 is 29.5 Å². The molecule has 192 valence electrons. The predicted octanol–water partition coefficient (Wildman–Crippen LogP) is 1.99. The summed E-state index contributed by atoms with van der Waals surface area (Å²) in [7, 11) is 0. The van der Waals surface area contributed by atoms with E-state index in [4.69, 9.17) is 9.52 Å². The summed E-state index contributed by atoms with van der Waals surface area (Å²) >= 11 is 0. The molecule has 38 heavy (non-hydrogen) atoms. The number of carboxylic acid groups (broad SMARTS) is 1. The third-order valence-electron chi connectivity index (χ3n) is 5.83. The third-order valence-corrected chi connectivity index (χ3v) is 5.83. The molecule has 13 nitrogen and oxygen atoms in total. The molecule has 5 aromatic rings. The van der Waals surface area contributed by atoms with Crippen LogP contribution in [0.3, 0.4) is 0 Å². The van der Waals surface area contributed by atoms with Crippen LogP contribution in [0.25, 0.3) is 16.9 Å². The normalized spacial score (nSPS) is 11.9. The van der Waals surface area contributed by atoms with Crippen LogP contribution in [-0.4, -0.2) is 47.5 Å². The highest BCUT2D eigenvalue weighted by Crippen LogP contribution is 2.17. The number of fused-ring (bicyclic) bond motifs is 2. The van der Waals surface area contributed by atoms with Crippen molar-refractivity contribution in [1.82, 2.24) is 35.2 Å². The minimum atomic E-state index is -1.06. The third kappa shape index (κ3) is 4.84. The fourth-order valence-corrected chi connectivity index (χ4v) is 3.91. The zero-order valence-electron chi connectivity index (χ0n) is 20.2. The van der Waals surface area contributed by atoms with Crippen molar-refractivity contribution in [1.29, 1.82) is 0 Å². The summed E-state index contributed by atoms with van der Waals surface area (Å²) in [5, 5.41) is 17.0. The quantitative estimate of drug-likeness (QED) is 0.252. The Morgan fingerprint density at radius 1 is 1.05 bits per heavy atom. The molecule has 2 amide bonds. The van der Waals surface area contributed by atoms with Crippen molar-refractivity contribution in [2.45, 2.75) is 26.4 Å². The Hall–Kier alpha value is -5.33. The number of rotatable bonds is 7. The Bertz CT molecular complexity index is 1770. The summed E-state index contributed by atoms with van der Waals surface area (Å²) in [4.78, 5) is 61.1. The van der Waals surface area contributed by atoms with E-state index in [2.05, 4.69) is 30.7 Å². The highest BCUT2D eigenvalue weighted by molar-refractivity contribution is 5.98. The van der Waals surface area contributed by atoms with Crippen molar-refractivity contribution in [3.63, 3.8) is 0 Å². The SMILES string of the molecule is Cc1nc2cc(CNC(=O)c3cc(C(=O)N[C@@H](C)c4ccc(C(=O)O)cc4)nc4nc(=O)[nH]n34)ccc2o1. The molecule has 3 aromatic heterocycles. The Kier molecular flexibility index (Phi) is 6.16. The predicted molar refractivity (Wildman–Crippen MR) is 133 cm³/mol. The van der Waals surface area contributed by atoms with Gasteiger partial charge in [-0.3, -0.25) is 9.59 Å². The summed E-state index contributed by atoms with van der Waals surface area (Å²) in [5.74, 6) is -1.86. The number of carbonyl (C=O) groups excluding carboxylic acids is 2. The van der Waals surface area contributed by atoms with Gasteiger partial charge >= 0.3 is 11.7 Å². The molecule has 4 N–H and O–H groups in total. The maximum Gasteiger partial charge on any atom is 0.363 e. The second-order valence-electron chi connectivity index (χ2n) is 8.53. The molecule has 0 fully saturated rings. The number of amides is 2. The highest BCUT2D eigenvalue weighted by Gasteiger charge is 2.20. The molecule has 0 spiro atoms. The zero-order chi connectivity index (χ0) is 27.0. The molecule has 0 saturated carbocycles. The van der Waals surface area contributed by atoms with Gasteiger partial charge in [0.2, 0.25) is 0 Å². The molecule has 0 unspecified atom stereocenters. The molecule has 0 saturated heterocycles. The molecular weight excluding hydrogens is 494 g/mol. The number of aromatic nitrogens is 5. The topological polar surface area (TPSA) is 185 Å². The number of oxazole rings is 1. The Morgan fingerprint density at radius 2 is 1.82 bits per heavy atom. The minimum Gasteiger partial charge on any atom is -0.478 e. The van der Waals surface area contributed by atoms with Gasteiger partial charge in [-0.15, -0.1) is 0 Å². The van der Waals surface area contributed by atoms with Crippen LogP contribution in [-0.2, 0) is 6.54 Å². The number of hydrogen-bond donors (Lipinski definition) is 4. The summed E-state index contributed by atoms with van der Waals surface area (Å²) in [6.45, 7) is 3.60. The largest absolute Gasteiger partial charge is 0.478 e. The van der Waals surface area contributed by atoms with Gasteiger partial charge in [-0.25, -0.2) is 29.2 Å². The monoisotopic (exact) mass is 515 g/mol. The van der Waals surface area contributed by atoms with Crippen LogP contribution in [0.15, 0.2) is 57.7 Å². The van der Waals surface area contributed by atoms with E-state index in [1.54, 1.807) is 44.2 Å². The molecule has 13 heteroatoms. The van der Waals surface area contributed by atoms with Gasteiger partial charge in [0.05, 0.1) is 11.6 Å². The number of benzene rings is 2. The molecule has 0 bridgehead atoms. The van der Waals surface area contributed by atoms with Crippen LogP contribution in [0.1, 0.15) is 61.3 Å². The van der Waals surface area contributed by atoms with Crippen LogP contribution in [0.5, 0.6) is 0 Å².